The molecule has 1 atom stereocenters. The van der Waals surface area contributed by atoms with Crippen molar-refractivity contribution in [3.8, 4) is 0 Å². The van der Waals surface area contributed by atoms with E-state index in [-0.39, 0.29) is 24.5 Å². The molecule has 1 heterocycles. The molecule has 1 saturated heterocycles. The second-order valence-corrected chi connectivity index (χ2v) is 6.40. The molecule has 3 N–H and O–H groups in total. The molecule has 0 saturated carbocycles. The van der Waals surface area contributed by atoms with Gasteiger partial charge in [-0.3, -0.25) is 4.79 Å². The zero-order chi connectivity index (χ0) is 15.3. The molecule has 0 spiro atoms. The van der Waals surface area contributed by atoms with Crippen molar-refractivity contribution >= 4 is 12.1 Å². The van der Waals surface area contributed by atoms with Crippen LogP contribution in [0.5, 0.6) is 0 Å². The van der Waals surface area contributed by atoms with Gasteiger partial charge in [-0.05, 0) is 46.0 Å². The molecule has 1 aliphatic heterocycles. The molecule has 0 bridgehead atoms. The maximum Gasteiger partial charge on any atom is 0.410 e. The summed E-state index contributed by atoms with van der Waals surface area (Å²) < 4.78 is 5.33. The van der Waals surface area contributed by atoms with Crippen LogP contribution in [-0.2, 0) is 9.53 Å². The lowest BCUT2D eigenvalue weighted by atomic mass is 9.87. The van der Waals surface area contributed by atoms with Crippen molar-refractivity contribution in [2.24, 2.45) is 11.7 Å². The van der Waals surface area contributed by atoms with Gasteiger partial charge >= 0.3 is 12.1 Å². The number of hydrogen-bond acceptors (Lipinski definition) is 4. The first-order valence-electron chi connectivity index (χ1n) is 7.14. The zero-order valence-corrected chi connectivity index (χ0v) is 12.6. The van der Waals surface area contributed by atoms with Crippen LogP contribution in [0.15, 0.2) is 0 Å². The van der Waals surface area contributed by atoms with Gasteiger partial charge in [0.1, 0.15) is 5.60 Å². The third kappa shape index (κ3) is 5.77. The van der Waals surface area contributed by atoms with Crippen LogP contribution in [0.2, 0.25) is 0 Å². The number of amides is 1. The van der Waals surface area contributed by atoms with Crippen LogP contribution in [0, 0.1) is 5.92 Å². The smallest absolute Gasteiger partial charge is 0.410 e. The van der Waals surface area contributed by atoms with Crippen LogP contribution in [0.1, 0.15) is 46.5 Å². The first kappa shape index (κ1) is 16.8. The lowest BCUT2D eigenvalue weighted by Crippen LogP contribution is -2.45. The number of rotatable bonds is 4. The SMILES string of the molecule is CC(C)(C)OC(=O)N1CCC(C(N)CCC(=O)O)CC1. The number of carboxylic acid groups (broad SMARTS) is 1. The highest BCUT2D eigenvalue weighted by atomic mass is 16.6. The van der Waals surface area contributed by atoms with Gasteiger partial charge in [0.2, 0.25) is 0 Å². The fourth-order valence-electron chi connectivity index (χ4n) is 2.36. The van der Waals surface area contributed by atoms with Gasteiger partial charge in [-0.25, -0.2) is 4.79 Å². The van der Waals surface area contributed by atoms with E-state index in [1.165, 1.54) is 0 Å². The van der Waals surface area contributed by atoms with Crippen molar-refractivity contribution in [1.29, 1.82) is 0 Å². The summed E-state index contributed by atoms with van der Waals surface area (Å²) in [5.74, 6) is -0.528. The maximum absolute atomic E-state index is 11.9. The van der Waals surface area contributed by atoms with Crippen molar-refractivity contribution in [3.05, 3.63) is 0 Å². The van der Waals surface area contributed by atoms with E-state index in [0.717, 1.165) is 12.8 Å². The van der Waals surface area contributed by atoms with E-state index in [1.807, 2.05) is 20.8 Å². The molecule has 1 aliphatic rings. The van der Waals surface area contributed by atoms with Crippen molar-refractivity contribution in [2.45, 2.75) is 58.1 Å². The van der Waals surface area contributed by atoms with Gasteiger partial charge in [-0.15, -0.1) is 0 Å². The highest BCUT2D eigenvalue weighted by molar-refractivity contribution is 5.68. The minimum atomic E-state index is -0.813. The minimum absolute atomic E-state index is 0.105. The molecule has 1 fully saturated rings. The standard InChI is InChI=1S/C14H26N2O4/c1-14(2,3)20-13(19)16-8-6-10(7-9-16)11(15)4-5-12(17)18/h10-11H,4-9,15H2,1-3H3,(H,17,18). The number of piperidine rings is 1. The Labute approximate surface area is 120 Å². The number of ether oxygens (including phenoxy) is 1. The topological polar surface area (TPSA) is 92.9 Å². The third-order valence-corrected chi connectivity index (χ3v) is 3.49. The number of nitrogens with two attached hydrogens (primary N) is 1. The van der Waals surface area contributed by atoms with Gasteiger partial charge in [0.15, 0.2) is 0 Å². The Bertz CT molecular complexity index is 344. The number of hydrogen-bond donors (Lipinski definition) is 2. The highest BCUT2D eigenvalue weighted by Gasteiger charge is 2.29. The second-order valence-electron chi connectivity index (χ2n) is 6.40. The highest BCUT2D eigenvalue weighted by Crippen LogP contribution is 2.23. The van der Waals surface area contributed by atoms with Crippen LogP contribution in [0.25, 0.3) is 0 Å². The molecular formula is C14H26N2O4. The number of likely N-dealkylation sites (tertiary alicyclic amines) is 1. The van der Waals surface area contributed by atoms with Crippen LogP contribution in [0.3, 0.4) is 0 Å². The molecule has 1 unspecified atom stereocenters. The van der Waals surface area contributed by atoms with Gasteiger partial charge in [0, 0.05) is 25.6 Å². The van der Waals surface area contributed by atoms with Gasteiger partial charge in [-0.1, -0.05) is 0 Å². The first-order valence-corrected chi connectivity index (χ1v) is 7.14. The molecule has 20 heavy (non-hydrogen) atoms. The number of carbonyl (C=O) groups is 2. The molecule has 6 nitrogen and oxygen atoms in total. The zero-order valence-electron chi connectivity index (χ0n) is 12.6. The van der Waals surface area contributed by atoms with E-state index in [1.54, 1.807) is 4.90 Å². The van der Waals surface area contributed by atoms with E-state index in [0.29, 0.717) is 19.5 Å². The predicted molar refractivity (Wildman–Crippen MR) is 75.4 cm³/mol. The van der Waals surface area contributed by atoms with Crippen LogP contribution in [0.4, 0.5) is 4.79 Å². The monoisotopic (exact) mass is 286 g/mol. The molecule has 0 radical (unpaired) electrons. The van der Waals surface area contributed by atoms with E-state index in [4.69, 9.17) is 15.6 Å². The van der Waals surface area contributed by atoms with E-state index in [2.05, 4.69) is 0 Å². The average molecular weight is 286 g/mol. The molecule has 1 amide bonds. The lowest BCUT2D eigenvalue weighted by Gasteiger charge is -2.35. The maximum atomic E-state index is 11.9. The summed E-state index contributed by atoms with van der Waals surface area (Å²) in [4.78, 5) is 24.1. The Hall–Kier alpha value is -1.30. The Morgan fingerprint density at radius 3 is 2.35 bits per heavy atom. The molecule has 0 aliphatic carbocycles. The minimum Gasteiger partial charge on any atom is -0.481 e. The van der Waals surface area contributed by atoms with E-state index >= 15 is 0 Å². The Balaban J connectivity index is 2.36. The Kier molecular flexibility index (Phi) is 5.80. The summed E-state index contributed by atoms with van der Waals surface area (Å²) in [6.45, 7) is 6.79. The number of carbonyl (C=O) groups excluding carboxylic acids is 1. The summed E-state index contributed by atoms with van der Waals surface area (Å²) >= 11 is 0. The second kappa shape index (κ2) is 6.92. The van der Waals surface area contributed by atoms with Crippen LogP contribution >= 0.6 is 0 Å². The van der Waals surface area contributed by atoms with Gasteiger partial charge in [0.05, 0.1) is 0 Å². The molecule has 0 aromatic rings. The van der Waals surface area contributed by atoms with Crippen molar-refractivity contribution in [1.82, 2.24) is 4.90 Å². The molecule has 0 aromatic heterocycles. The van der Waals surface area contributed by atoms with E-state index in [9.17, 15) is 9.59 Å². The number of nitrogens with zero attached hydrogens (tertiary/aromatic N) is 1. The van der Waals surface area contributed by atoms with Gasteiger partial charge < -0.3 is 20.5 Å². The van der Waals surface area contributed by atoms with Crippen LogP contribution < -0.4 is 5.73 Å². The summed E-state index contributed by atoms with van der Waals surface area (Å²) in [6.07, 6.45) is 1.93. The fourth-order valence-corrected chi connectivity index (χ4v) is 2.36. The predicted octanol–water partition coefficient (Wildman–Crippen LogP) is 1.83. The largest absolute Gasteiger partial charge is 0.481 e. The Morgan fingerprint density at radius 1 is 1.35 bits per heavy atom. The van der Waals surface area contributed by atoms with Crippen molar-refractivity contribution in [3.63, 3.8) is 0 Å². The summed E-state index contributed by atoms with van der Waals surface area (Å²) in [5.41, 5.74) is 5.54. The molecule has 1 rings (SSSR count). The van der Waals surface area contributed by atoms with E-state index < -0.39 is 11.6 Å². The molecule has 116 valence electrons. The van der Waals surface area contributed by atoms with Crippen molar-refractivity contribution in [2.75, 3.05) is 13.1 Å². The lowest BCUT2D eigenvalue weighted by molar-refractivity contribution is -0.137. The summed E-state index contributed by atoms with van der Waals surface area (Å²) in [7, 11) is 0. The fraction of sp³-hybridized carbons (Fsp3) is 0.857. The summed E-state index contributed by atoms with van der Waals surface area (Å²) in [5, 5.41) is 8.66. The normalized spacial score (nSPS) is 18.7. The summed E-state index contributed by atoms with van der Waals surface area (Å²) in [6, 6.07) is -0.105. The average Bonchev–Trinajstić information content (AvgIpc) is 2.34. The van der Waals surface area contributed by atoms with Crippen molar-refractivity contribution < 1.29 is 19.4 Å². The molecule has 0 aromatic carbocycles. The Morgan fingerprint density at radius 2 is 1.90 bits per heavy atom. The number of aliphatic carboxylic acids is 1. The van der Waals surface area contributed by atoms with Gasteiger partial charge in [-0.2, -0.15) is 0 Å². The number of carboxylic acids is 1. The quantitative estimate of drug-likeness (QED) is 0.822. The molecular weight excluding hydrogens is 260 g/mol. The van der Waals surface area contributed by atoms with Crippen LogP contribution in [-0.4, -0.2) is 46.8 Å². The third-order valence-electron chi connectivity index (χ3n) is 3.49. The first-order chi connectivity index (χ1) is 9.19. The van der Waals surface area contributed by atoms with Gasteiger partial charge in [0.25, 0.3) is 0 Å². The molecule has 6 heteroatoms.